The first-order chi connectivity index (χ1) is 12.3. The topological polar surface area (TPSA) is 63.0 Å². The van der Waals surface area contributed by atoms with Crippen molar-refractivity contribution in [2.75, 3.05) is 7.11 Å². The molecule has 26 heavy (non-hydrogen) atoms. The molecule has 0 unspecified atom stereocenters. The maximum Gasteiger partial charge on any atom is 0.416 e. The monoisotopic (exact) mass is 356 g/mol. The van der Waals surface area contributed by atoms with Gasteiger partial charge in [0.15, 0.2) is 0 Å². The van der Waals surface area contributed by atoms with Gasteiger partial charge in [-0.15, -0.1) is 0 Å². The highest BCUT2D eigenvalue weighted by Gasteiger charge is 2.30. The summed E-state index contributed by atoms with van der Waals surface area (Å²) in [4.78, 5) is 16.1. The number of methoxy groups -OCH3 is 1. The van der Waals surface area contributed by atoms with E-state index in [0.717, 1.165) is 12.1 Å². The molecule has 2 aromatic carbocycles. The Kier molecular flexibility index (Phi) is 4.34. The maximum atomic E-state index is 12.7. The van der Waals surface area contributed by atoms with Crippen LogP contribution in [0.25, 0.3) is 22.2 Å². The van der Waals surface area contributed by atoms with E-state index in [1.54, 1.807) is 6.07 Å². The summed E-state index contributed by atoms with van der Waals surface area (Å²) in [7, 11) is 1.25. The van der Waals surface area contributed by atoms with Gasteiger partial charge in [0.1, 0.15) is 0 Å². The molecule has 0 aliphatic carbocycles. The quantitative estimate of drug-likeness (QED) is 0.631. The molecule has 0 radical (unpaired) electrons. The minimum Gasteiger partial charge on any atom is -0.465 e. The Hall–Kier alpha value is -3.40. The van der Waals surface area contributed by atoms with Crippen molar-refractivity contribution in [3.05, 3.63) is 65.2 Å². The molecule has 0 N–H and O–H groups in total. The van der Waals surface area contributed by atoms with Gasteiger partial charge in [-0.05, 0) is 30.3 Å². The fourth-order valence-electron chi connectivity index (χ4n) is 2.54. The van der Waals surface area contributed by atoms with Crippen LogP contribution in [0.5, 0.6) is 0 Å². The number of halogens is 3. The molecular weight excluding hydrogens is 345 g/mol. The molecule has 0 saturated carbocycles. The smallest absolute Gasteiger partial charge is 0.416 e. The van der Waals surface area contributed by atoms with Crippen LogP contribution < -0.4 is 0 Å². The number of aromatic nitrogens is 1. The number of carbonyl (C=O) groups excluding carboxylic acids is 1. The van der Waals surface area contributed by atoms with E-state index in [1.807, 2.05) is 6.07 Å². The molecule has 3 rings (SSSR count). The van der Waals surface area contributed by atoms with Gasteiger partial charge < -0.3 is 4.74 Å². The average Bonchev–Trinajstić information content (AvgIpc) is 2.65. The molecule has 1 aromatic heterocycles. The van der Waals surface area contributed by atoms with Crippen LogP contribution in [-0.2, 0) is 10.9 Å². The van der Waals surface area contributed by atoms with Crippen LogP contribution in [0.15, 0.2) is 48.5 Å². The number of fused-ring (bicyclic) bond motifs is 1. The van der Waals surface area contributed by atoms with E-state index in [1.165, 1.54) is 37.4 Å². The largest absolute Gasteiger partial charge is 0.465 e. The Labute approximate surface area is 146 Å². The Morgan fingerprint density at radius 2 is 1.81 bits per heavy atom. The van der Waals surface area contributed by atoms with E-state index in [2.05, 4.69) is 9.72 Å². The second-order valence-electron chi connectivity index (χ2n) is 5.47. The van der Waals surface area contributed by atoms with E-state index < -0.39 is 17.7 Å². The van der Waals surface area contributed by atoms with E-state index in [9.17, 15) is 23.2 Å². The summed E-state index contributed by atoms with van der Waals surface area (Å²) in [6.45, 7) is 0. The molecular formula is C19H11F3N2O2. The Morgan fingerprint density at radius 1 is 1.12 bits per heavy atom. The van der Waals surface area contributed by atoms with Crippen molar-refractivity contribution >= 4 is 16.9 Å². The van der Waals surface area contributed by atoms with E-state index in [-0.39, 0.29) is 5.56 Å². The van der Waals surface area contributed by atoms with Gasteiger partial charge in [-0.2, -0.15) is 18.4 Å². The van der Waals surface area contributed by atoms with Crippen LogP contribution in [0.2, 0.25) is 0 Å². The molecule has 3 aromatic rings. The number of pyridine rings is 1. The molecule has 4 nitrogen and oxygen atoms in total. The van der Waals surface area contributed by atoms with Crippen molar-refractivity contribution in [1.82, 2.24) is 4.98 Å². The fourth-order valence-corrected chi connectivity index (χ4v) is 2.54. The molecule has 7 heteroatoms. The van der Waals surface area contributed by atoms with Gasteiger partial charge in [-0.3, -0.25) is 0 Å². The highest BCUT2D eigenvalue weighted by atomic mass is 19.4. The molecule has 0 saturated heterocycles. The van der Waals surface area contributed by atoms with Crippen LogP contribution in [-0.4, -0.2) is 18.1 Å². The van der Waals surface area contributed by atoms with Crippen molar-refractivity contribution in [2.24, 2.45) is 0 Å². The third-order valence-corrected chi connectivity index (χ3v) is 3.86. The molecule has 0 aliphatic rings. The van der Waals surface area contributed by atoms with E-state index in [4.69, 9.17) is 0 Å². The SMILES string of the molecule is COC(=O)c1ccc2c(C#N)cc(-c3ccc(C(F)(F)F)cc3)nc2c1. The standard InChI is InChI=1S/C19H11F3N2O2/c1-26-18(25)12-4-7-15-13(10-23)9-16(24-17(15)8-12)11-2-5-14(6-3-11)19(20,21)22/h2-9H,1H3. The van der Waals surface area contributed by atoms with Gasteiger partial charge in [-0.25, -0.2) is 9.78 Å². The molecule has 0 amide bonds. The van der Waals surface area contributed by atoms with Crippen molar-refractivity contribution in [3.63, 3.8) is 0 Å². The molecule has 130 valence electrons. The van der Waals surface area contributed by atoms with Gasteiger partial charge in [-0.1, -0.05) is 18.2 Å². The number of carbonyl (C=O) groups is 1. The van der Waals surface area contributed by atoms with Gasteiger partial charge in [0.05, 0.1) is 41.1 Å². The van der Waals surface area contributed by atoms with Gasteiger partial charge >= 0.3 is 12.1 Å². The first kappa shape index (κ1) is 17.4. The fraction of sp³-hybridized carbons (Fsp3) is 0.105. The average molecular weight is 356 g/mol. The zero-order valence-electron chi connectivity index (χ0n) is 13.5. The summed E-state index contributed by atoms with van der Waals surface area (Å²) in [6.07, 6.45) is -4.43. The van der Waals surface area contributed by atoms with Crippen molar-refractivity contribution < 1.29 is 22.7 Å². The number of hydrogen-bond acceptors (Lipinski definition) is 4. The molecule has 0 atom stereocenters. The number of alkyl halides is 3. The van der Waals surface area contributed by atoms with Crippen LogP contribution in [0.3, 0.4) is 0 Å². The number of esters is 1. The van der Waals surface area contributed by atoms with Crippen LogP contribution in [0.4, 0.5) is 13.2 Å². The normalized spacial score (nSPS) is 11.2. The molecule has 1 heterocycles. The minimum atomic E-state index is -4.43. The molecule has 0 spiro atoms. The lowest BCUT2D eigenvalue weighted by atomic mass is 10.0. The number of rotatable bonds is 2. The number of nitrogens with zero attached hydrogens (tertiary/aromatic N) is 2. The van der Waals surface area contributed by atoms with Crippen molar-refractivity contribution in [3.8, 4) is 17.3 Å². The first-order valence-electron chi connectivity index (χ1n) is 7.44. The van der Waals surface area contributed by atoms with Crippen LogP contribution >= 0.6 is 0 Å². The summed E-state index contributed by atoms with van der Waals surface area (Å²) in [5.74, 6) is -0.549. The summed E-state index contributed by atoms with van der Waals surface area (Å²) < 4.78 is 42.8. The lowest BCUT2D eigenvalue weighted by molar-refractivity contribution is -0.137. The summed E-state index contributed by atoms with van der Waals surface area (Å²) in [5, 5.41) is 9.90. The summed E-state index contributed by atoms with van der Waals surface area (Å²) >= 11 is 0. The summed E-state index contributed by atoms with van der Waals surface area (Å²) in [6, 6.07) is 12.6. The second kappa shape index (κ2) is 6.48. The molecule has 0 fully saturated rings. The van der Waals surface area contributed by atoms with Gasteiger partial charge in [0, 0.05) is 10.9 Å². The first-order valence-corrected chi connectivity index (χ1v) is 7.44. The van der Waals surface area contributed by atoms with Crippen LogP contribution in [0, 0.1) is 11.3 Å². The number of hydrogen-bond donors (Lipinski definition) is 0. The lowest BCUT2D eigenvalue weighted by Gasteiger charge is -2.09. The molecule has 0 bridgehead atoms. The number of ether oxygens (including phenoxy) is 1. The third kappa shape index (κ3) is 3.22. The summed E-state index contributed by atoms with van der Waals surface area (Å²) in [5.41, 5.74) is 0.948. The minimum absolute atomic E-state index is 0.265. The lowest BCUT2D eigenvalue weighted by Crippen LogP contribution is -2.04. The predicted molar refractivity (Wildman–Crippen MR) is 88.2 cm³/mol. The zero-order chi connectivity index (χ0) is 18.9. The Balaban J connectivity index is 2.14. The Bertz CT molecular complexity index is 1040. The second-order valence-corrected chi connectivity index (χ2v) is 5.47. The van der Waals surface area contributed by atoms with Crippen molar-refractivity contribution in [2.45, 2.75) is 6.18 Å². The van der Waals surface area contributed by atoms with Crippen LogP contribution in [0.1, 0.15) is 21.5 Å². The van der Waals surface area contributed by atoms with Crippen molar-refractivity contribution in [1.29, 1.82) is 5.26 Å². The highest BCUT2D eigenvalue weighted by Crippen LogP contribution is 2.31. The zero-order valence-corrected chi connectivity index (χ0v) is 13.5. The third-order valence-electron chi connectivity index (χ3n) is 3.86. The predicted octanol–water partition coefficient (Wildman–Crippen LogP) is 4.58. The Morgan fingerprint density at radius 3 is 2.38 bits per heavy atom. The highest BCUT2D eigenvalue weighted by molar-refractivity contribution is 5.96. The van der Waals surface area contributed by atoms with E-state index in [0.29, 0.717) is 27.7 Å². The molecule has 0 aliphatic heterocycles. The number of benzene rings is 2. The van der Waals surface area contributed by atoms with Gasteiger partial charge in [0.2, 0.25) is 0 Å². The van der Waals surface area contributed by atoms with Gasteiger partial charge in [0.25, 0.3) is 0 Å². The maximum absolute atomic E-state index is 12.7. The number of nitriles is 1. The van der Waals surface area contributed by atoms with E-state index >= 15 is 0 Å².